The summed E-state index contributed by atoms with van der Waals surface area (Å²) in [6.07, 6.45) is 2.67. The van der Waals surface area contributed by atoms with Crippen molar-refractivity contribution in [1.82, 2.24) is 9.78 Å². The van der Waals surface area contributed by atoms with Crippen molar-refractivity contribution >= 4 is 37.6 Å². The lowest BCUT2D eigenvalue weighted by atomic mass is 10.3. The Bertz CT molecular complexity index is 654. The van der Waals surface area contributed by atoms with Gasteiger partial charge in [-0.2, -0.15) is 13.5 Å². The number of aryl methyl sites for hydroxylation is 1. The molecule has 0 bridgehead atoms. The van der Waals surface area contributed by atoms with Gasteiger partial charge in [0, 0.05) is 19.6 Å². The first-order chi connectivity index (χ1) is 10.3. The van der Waals surface area contributed by atoms with Crippen LogP contribution in [0.5, 0.6) is 0 Å². The van der Waals surface area contributed by atoms with E-state index in [9.17, 15) is 18.5 Å². The van der Waals surface area contributed by atoms with Crippen molar-refractivity contribution in [2.24, 2.45) is 0 Å². The number of nitrogens with zero attached hydrogens (tertiary/aromatic N) is 4. The Morgan fingerprint density at radius 1 is 1.32 bits per heavy atom. The molecule has 1 saturated heterocycles. The van der Waals surface area contributed by atoms with Crippen molar-refractivity contribution < 1.29 is 17.9 Å². The van der Waals surface area contributed by atoms with Gasteiger partial charge in [-0.25, -0.2) is 4.68 Å². The topological polar surface area (TPSA) is 119 Å². The van der Waals surface area contributed by atoms with Crippen LogP contribution in [0.1, 0.15) is 25.7 Å². The van der Waals surface area contributed by atoms with Crippen LogP contribution < -0.4 is 4.90 Å². The lowest BCUT2D eigenvalue weighted by Gasteiger charge is -2.17. The molecule has 2 heterocycles. The van der Waals surface area contributed by atoms with Crippen LogP contribution in [0.4, 0.5) is 11.5 Å². The van der Waals surface area contributed by atoms with E-state index in [1.54, 1.807) is 0 Å². The summed E-state index contributed by atoms with van der Waals surface area (Å²) in [7, 11) is -3.98. The largest absolute Gasteiger partial charge is 0.351 e. The molecule has 22 heavy (non-hydrogen) atoms. The molecule has 0 amide bonds. The lowest BCUT2D eigenvalue weighted by Crippen LogP contribution is -2.23. The van der Waals surface area contributed by atoms with Gasteiger partial charge in [0.25, 0.3) is 10.1 Å². The SMILES string of the molecule is O=[N+]([O-])c1c(Br)nn(CCCCS(=O)(=O)O)c1N1CCCC1. The molecule has 1 aliphatic heterocycles. The van der Waals surface area contributed by atoms with Gasteiger partial charge in [-0.05, 0) is 41.6 Å². The van der Waals surface area contributed by atoms with Crippen LogP contribution in [0.3, 0.4) is 0 Å². The first-order valence-electron chi connectivity index (χ1n) is 6.90. The fourth-order valence-corrected chi connectivity index (χ4v) is 3.60. The van der Waals surface area contributed by atoms with Crippen LogP contribution in [-0.2, 0) is 16.7 Å². The molecule has 11 heteroatoms. The molecule has 1 aliphatic rings. The van der Waals surface area contributed by atoms with Crippen LogP contribution in [0.15, 0.2) is 4.60 Å². The highest BCUT2D eigenvalue weighted by Gasteiger charge is 2.31. The smallest absolute Gasteiger partial charge is 0.345 e. The van der Waals surface area contributed by atoms with Crippen LogP contribution >= 0.6 is 15.9 Å². The number of nitro groups is 1. The molecule has 0 aliphatic carbocycles. The Morgan fingerprint density at radius 3 is 2.50 bits per heavy atom. The summed E-state index contributed by atoms with van der Waals surface area (Å²) in [5, 5.41) is 15.4. The maximum atomic E-state index is 11.3. The number of rotatable bonds is 7. The molecule has 0 unspecified atom stereocenters. The van der Waals surface area contributed by atoms with E-state index >= 15 is 0 Å². The van der Waals surface area contributed by atoms with E-state index in [0.29, 0.717) is 18.8 Å². The number of unbranched alkanes of at least 4 members (excludes halogenated alkanes) is 1. The molecular weight excluding hydrogens is 380 g/mol. The first kappa shape index (κ1) is 17.2. The highest BCUT2D eigenvalue weighted by molar-refractivity contribution is 9.10. The summed E-state index contributed by atoms with van der Waals surface area (Å²) >= 11 is 3.12. The van der Waals surface area contributed by atoms with Gasteiger partial charge in [0.2, 0.25) is 10.4 Å². The van der Waals surface area contributed by atoms with Gasteiger partial charge in [0.05, 0.1) is 10.7 Å². The highest BCUT2D eigenvalue weighted by Crippen LogP contribution is 2.37. The molecule has 0 aromatic carbocycles. The quantitative estimate of drug-likeness (QED) is 0.323. The Hall–Kier alpha value is -1.20. The second kappa shape index (κ2) is 6.92. The minimum atomic E-state index is -3.98. The third-order valence-electron chi connectivity index (χ3n) is 3.47. The van der Waals surface area contributed by atoms with E-state index < -0.39 is 15.0 Å². The number of aromatic nitrogens is 2. The zero-order chi connectivity index (χ0) is 16.3. The van der Waals surface area contributed by atoms with Crippen molar-refractivity contribution in [3.63, 3.8) is 0 Å². The number of halogens is 1. The van der Waals surface area contributed by atoms with Gasteiger partial charge >= 0.3 is 5.69 Å². The summed E-state index contributed by atoms with van der Waals surface area (Å²) in [4.78, 5) is 12.7. The molecule has 1 N–H and O–H groups in total. The van der Waals surface area contributed by atoms with E-state index in [0.717, 1.165) is 25.9 Å². The van der Waals surface area contributed by atoms with Crippen LogP contribution in [0, 0.1) is 10.1 Å². The van der Waals surface area contributed by atoms with Crippen molar-refractivity contribution in [1.29, 1.82) is 0 Å². The average Bonchev–Trinajstić information content (AvgIpc) is 3.00. The Balaban J connectivity index is 2.16. The molecule has 0 spiro atoms. The Morgan fingerprint density at radius 2 is 1.95 bits per heavy atom. The van der Waals surface area contributed by atoms with Crippen molar-refractivity contribution in [3.05, 3.63) is 14.7 Å². The Labute approximate surface area is 136 Å². The standard InChI is InChI=1S/C11H17BrN4O5S/c12-10-9(16(17)18)11(14-5-1-2-6-14)15(13-10)7-3-4-8-22(19,20)21/h1-8H2,(H,19,20,21). The molecule has 0 saturated carbocycles. The number of anilines is 1. The van der Waals surface area contributed by atoms with E-state index in [-0.39, 0.29) is 22.5 Å². The molecule has 1 fully saturated rings. The van der Waals surface area contributed by atoms with Crippen molar-refractivity contribution in [2.45, 2.75) is 32.2 Å². The van der Waals surface area contributed by atoms with Gasteiger partial charge < -0.3 is 4.90 Å². The second-order valence-corrected chi connectivity index (χ2v) is 7.45. The normalized spacial score (nSPS) is 15.5. The van der Waals surface area contributed by atoms with Gasteiger partial charge in [-0.3, -0.25) is 14.7 Å². The first-order valence-corrected chi connectivity index (χ1v) is 9.30. The summed E-state index contributed by atoms with van der Waals surface area (Å²) < 4.78 is 31.8. The molecule has 1 aromatic rings. The lowest BCUT2D eigenvalue weighted by molar-refractivity contribution is -0.385. The molecule has 124 valence electrons. The van der Waals surface area contributed by atoms with Gasteiger partial charge in [-0.15, -0.1) is 0 Å². The van der Waals surface area contributed by atoms with E-state index in [1.807, 2.05) is 4.90 Å². The fraction of sp³-hybridized carbons (Fsp3) is 0.727. The predicted octanol–water partition coefficient (Wildman–Crippen LogP) is 1.82. The number of hydrogen-bond acceptors (Lipinski definition) is 6. The minimum absolute atomic E-state index is 0.0586. The summed E-state index contributed by atoms with van der Waals surface area (Å²) in [6.45, 7) is 1.84. The summed E-state index contributed by atoms with van der Waals surface area (Å²) in [5.74, 6) is 0.137. The van der Waals surface area contributed by atoms with Crippen molar-refractivity contribution in [3.8, 4) is 0 Å². The van der Waals surface area contributed by atoms with E-state index in [4.69, 9.17) is 4.55 Å². The predicted molar refractivity (Wildman–Crippen MR) is 83.7 cm³/mol. The number of hydrogen-bond donors (Lipinski definition) is 1. The second-order valence-electron chi connectivity index (χ2n) is 5.13. The average molecular weight is 397 g/mol. The van der Waals surface area contributed by atoms with Gasteiger partial charge in [0.1, 0.15) is 0 Å². The highest BCUT2D eigenvalue weighted by atomic mass is 79.9. The fourth-order valence-electron chi connectivity index (χ4n) is 2.52. The molecular formula is C11H17BrN4O5S. The van der Waals surface area contributed by atoms with Crippen molar-refractivity contribution in [2.75, 3.05) is 23.7 Å². The maximum absolute atomic E-state index is 11.3. The molecule has 9 nitrogen and oxygen atoms in total. The zero-order valence-electron chi connectivity index (χ0n) is 11.8. The third-order valence-corrected chi connectivity index (χ3v) is 4.81. The zero-order valence-corrected chi connectivity index (χ0v) is 14.2. The molecule has 1 aromatic heterocycles. The van der Waals surface area contributed by atoms with Crippen LogP contribution in [0.2, 0.25) is 0 Å². The summed E-state index contributed by atoms with van der Waals surface area (Å²) in [6, 6.07) is 0. The van der Waals surface area contributed by atoms with Gasteiger partial charge in [0.15, 0.2) is 0 Å². The van der Waals surface area contributed by atoms with E-state index in [1.165, 1.54) is 4.68 Å². The monoisotopic (exact) mass is 396 g/mol. The molecule has 0 atom stereocenters. The van der Waals surface area contributed by atoms with Crippen LogP contribution in [-0.4, -0.2) is 46.5 Å². The van der Waals surface area contributed by atoms with Crippen LogP contribution in [0.25, 0.3) is 0 Å². The molecule has 0 radical (unpaired) electrons. The minimum Gasteiger partial charge on any atom is -0.351 e. The molecule has 2 rings (SSSR count). The van der Waals surface area contributed by atoms with E-state index in [2.05, 4.69) is 21.0 Å². The maximum Gasteiger partial charge on any atom is 0.345 e. The Kier molecular flexibility index (Phi) is 5.40. The summed E-state index contributed by atoms with van der Waals surface area (Å²) in [5.41, 5.74) is -0.0586. The third kappa shape index (κ3) is 4.17. The van der Waals surface area contributed by atoms with Gasteiger partial charge in [-0.1, -0.05) is 0 Å².